The van der Waals surface area contributed by atoms with E-state index in [1.54, 1.807) is 6.20 Å². The van der Waals surface area contributed by atoms with E-state index in [2.05, 4.69) is 21.0 Å². The SMILES string of the molecule is C[C@H](CNC(=O)CC[C@@H]1NC(=O)NC1=O)Cn1cccn1. The maximum absolute atomic E-state index is 11.7. The van der Waals surface area contributed by atoms with E-state index in [0.29, 0.717) is 13.0 Å². The molecule has 1 saturated heterocycles. The first-order chi connectivity index (χ1) is 10.0. The Morgan fingerprint density at radius 2 is 2.33 bits per heavy atom. The van der Waals surface area contributed by atoms with Gasteiger partial charge in [0.2, 0.25) is 5.91 Å². The lowest BCUT2D eigenvalue weighted by molar-refractivity contribution is -0.122. The zero-order valence-electron chi connectivity index (χ0n) is 11.8. The monoisotopic (exact) mass is 293 g/mol. The fraction of sp³-hybridized carbons (Fsp3) is 0.538. The third kappa shape index (κ3) is 4.59. The fourth-order valence-electron chi connectivity index (χ4n) is 2.11. The molecule has 2 rings (SSSR count). The lowest BCUT2D eigenvalue weighted by atomic mass is 10.1. The van der Waals surface area contributed by atoms with Gasteiger partial charge in [-0.1, -0.05) is 6.92 Å². The second-order valence-electron chi connectivity index (χ2n) is 5.19. The zero-order valence-corrected chi connectivity index (χ0v) is 11.8. The van der Waals surface area contributed by atoms with Gasteiger partial charge in [-0.3, -0.25) is 19.6 Å². The lowest BCUT2D eigenvalue weighted by Gasteiger charge is -2.13. The van der Waals surface area contributed by atoms with Crippen molar-refractivity contribution in [1.82, 2.24) is 25.7 Å². The summed E-state index contributed by atoms with van der Waals surface area (Å²) in [6, 6.07) is 0.745. The minimum atomic E-state index is -0.607. The van der Waals surface area contributed by atoms with Gasteiger partial charge in [0.05, 0.1) is 0 Å². The van der Waals surface area contributed by atoms with Gasteiger partial charge in [-0.2, -0.15) is 5.10 Å². The molecule has 2 atom stereocenters. The molecule has 1 aliphatic rings. The van der Waals surface area contributed by atoms with Crippen LogP contribution in [0.3, 0.4) is 0 Å². The van der Waals surface area contributed by atoms with Gasteiger partial charge >= 0.3 is 6.03 Å². The molecule has 0 radical (unpaired) electrons. The first-order valence-corrected chi connectivity index (χ1v) is 6.90. The van der Waals surface area contributed by atoms with E-state index in [1.807, 2.05) is 23.9 Å². The predicted octanol–water partition coefficient (Wildman–Crippen LogP) is -0.376. The molecular weight excluding hydrogens is 274 g/mol. The summed E-state index contributed by atoms with van der Waals surface area (Å²) in [5, 5.41) is 11.5. The van der Waals surface area contributed by atoms with E-state index >= 15 is 0 Å². The fourth-order valence-corrected chi connectivity index (χ4v) is 2.11. The number of hydrogen-bond acceptors (Lipinski definition) is 4. The van der Waals surface area contributed by atoms with Crippen LogP contribution in [0, 0.1) is 5.92 Å². The summed E-state index contributed by atoms with van der Waals surface area (Å²) in [5.41, 5.74) is 0. The summed E-state index contributed by atoms with van der Waals surface area (Å²) in [4.78, 5) is 33.9. The van der Waals surface area contributed by atoms with Gasteiger partial charge < -0.3 is 10.6 Å². The average Bonchev–Trinajstić information content (AvgIpc) is 3.04. The highest BCUT2D eigenvalue weighted by Gasteiger charge is 2.29. The van der Waals surface area contributed by atoms with Crippen molar-refractivity contribution < 1.29 is 14.4 Å². The van der Waals surface area contributed by atoms with Gasteiger partial charge in [-0.15, -0.1) is 0 Å². The van der Waals surface area contributed by atoms with Crippen LogP contribution in [0.15, 0.2) is 18.5 Å². The third-order valence-corrected chi connectivity index (χ3v) is 3.22. The Balaban J connectivity index is 1.63. The molecule has 1 aromatic rings. The molecule has 4 amide bonds. The number of nitrogens with zero attached hydrogens (tertiary/aromatic N) is 2. The van der Waals surface area contributed by atoms with E-state index in [-0.39, 0.29) is 24.2 Å². The largest absolute Gasteiger partial charge is 0.356 e. The lowest BCUT2D eigenvalue weighted by Crippen LogP contribution is -2.33. The summed E-state index contributed by atoms with van der Waals surface area (Å²) in [6.45, 7) is 3.29. The number of aromatic nitrogens is 2. The summed E-state index contributed by atoms with van der Waals surface area (Å²) in [6.07, 6.45) is 4.09. The van der Waals surface area contributed by atoms with Gasteiger partial charge in [0, 0.05) is 31.9 Å². The van der Waals surface area contributed by atoms with Crippen LogP contribution in [-0.2, 0) is 16.1 Å². The number of rotatable bonds is 7. The standard InChI is InChI=1S/C13H19N5O3/c1-9(8-18-6-2-5-15-18)7-14-11(19)4-3-10-12(20)17-13(21)16-10/h2,5-6,9-10H,3-4,7-8H2,1H3,(H,14,19)(H2,16,17,20,21)/t9-,10+/m1/s1. The average molecular weight is 293 g/mol. The summed E-state index contributed by atoms with van der Waals surface area (Å²) < 4.78 is 1.81. The number of carbonyl (C=O) groups is 3. The minimum Gasteiger partial charge on any atom is -0.356 e. The topological polar surface area (TPSA) is 105 Å². The molecule has 0 saturated carbocycles. The Kier molecular flexibility index (Phi) is 4.91. The Labute approximate surface area is 122 Å². The second-order valence-corrected chi connectivity index (χ2v) is 5.19. The van der Waals surface area contributed by atoms with Crippen molar-refractivity contribution in [3.05, 3.63) is 18.5 Å². The van der Waals surface area contributed by atoms with Crippen molar-refractivity contribution in [2.24, 2.45) is 5.92 Å². The van der Waals surface area contributed by atoms with Crippen LogP contribution >= 0.6 is 0 Å². The molecule has 1 aromatic heterocycles. The molecule has 3 N–H and O–H groups in total. The van der Waals surface area contributed by atoms with Crippen molar-refractivity contribution in [3.63, 3.8) is 0 Å². The molecule has 1 fully saturated rings. The van der Waals surface area contributed by atoms with E-state index in [4.69, 9.17) is 0 Å². The highest BCUT2D eigenvalue weighted by molar-refractivity contribution is 6.04. The van der Waals surface area contributed by atoms with Crippen molar-refractivity contribution in [2.45, 2.75) is 32.4 Å². The minimum absolute atomic E-state index is 0.128. The van der Waals surface area contributed by atoms with E-state index in [0.717, 1.165) is 6.54 Å². The number of amides is 4. The molecule has 0 aliphatic carbocycles. The number of urea groups is 1. The third-order valence-electron chi connectivity index (χ3n) is 3.22. The van der Waals surface area contributed by atoms with Crippen molar-refractivity contribution in [3.8, 4) is 0 Å². The normalized spacial score (nSPS) is 19.0. The predicted molar refractivity (Wildman–Crippen MR) is 74.1 cm³/mol. The van der Waals surface area contributed by atoms with Crippen molar-refractivity contribution >= 4 is 17.8 Å². The van der Waals surface area contributed by atoms with Crippen LogP contribution in [0.5, 0.6) is 0 Å². The smallest absolute Gasteiger partial charge is 0.322 e. The molecule has 8 nitrogen and oxygen atoms in total. The molecule has 0 aromatic carbocycles. The highest BCUT2D eigenvalue weighted by Crippen LogP contribution is 2.03. The number of imide groups is 1. The molecule has 8 heteroatoms. The summed E-state index contributed by atoms with van der Waals surface area (Å²) >= 11 is 0. The zero-order chi connectivity index (χ0) is 15.2. The quantitative estimate of drug-likeness (QED) is 0.596. The first-order valence-electron chi connectivity index (χ1n) is 6.90. The van der Waals surface area contributed by atoms with Crippen molar-refractivity contribution in [2.75, 3.05) is 6.54 Å². The van der Waals surface area contributed by atoms with Gasteiger partial charge in [-0.05, 0) is 18.4 Å². The maximum atomic E-state index is 11.7. The van der Waals surface area contributed by atoms with Gasteiger partial charge in [-0.25, -0.2) is 4.79 Å². The highest BCUT2D eigenvalue weighted by atomic mass is 16.2. The van der Waals surface area contributed by atoms with Crippen LogP contribution in [0.2, 0.25) is 0 Å². The van der Waals surface area contributed by atoms with E-state index in [9.17, 15) is 14.4 Å². The number of nitrogens with one attached hydrogen (secondary N) is 3. The van der Waals surface area contributed by atoms with Gasteiger partial charge in [0.25, 0.3) is 5.91 Å². The Morgan fingerprint density at radius 3 is 2.95 bits per heavy atom. The number of hydrogen-bond donors (Lipinski definition) is 3. The molecule has 2 heterocycles. The molecule has 1 aliphatic heterocycles. The van der Waals surface area contributed by atoms with Crippen LogP contribution in [0.25, 0.3) is 0 Å². The second kappa shape index (κ2) is 6.87. The maximum Gasteiger partial charge on any atom is 0.322 e. The summed E-state index contributed by atoms with van der Waals surface area (Å²) in [5.74, 6) is -0.251. The Bertz CT molecular complexity index is 514. The molecule has 0 spiro atoms. The number of carbonyl (C=O) groups excluding carboxylic acids is 3. The first kappa shape index (κ1) is 15.0. The van der Waals surface area contributed by atoms with Crippen LogP contribution in [0.4, 0.5) is 4.79 Å². The van der Waals surface area contributed by atoms with Gasteiger partial charge in [0.1, 0.15) is 6.04 Å². The van der Waals surface area contributed by atoms with Crippen LogP contribution in [-0.4, -0.2) is 40.2 Å². The van der Waals surface area contributed by atoms with E-state index in [1.165, 1.54) is 0 Å². The molecule has 0 bridgehead atoms. The van der Waals surface area contributed by atoms with Gasteiger partial charge in [0.15, 0.2) is 0 Å². The Hall–Kier alpha value is -2.38. The molecule has 21 heavy (non-hydrogen) atoms. The summed E-state index contributed by atoms with van der Waals surface area (Å²) in [7, 11) is 0. The molecule has 114 valence electrons. The van der Waals surface area contributed by atoms with Crippen LogP contribution in [0.1, 0.15) is 19.8 Å². The van der Waals surface area contributed by atoms with Crippen LogP contribution < -0.4 is 16.0 Å². The molecular formula is C13H19N5O3. The molecule has 0 unspecified atom stereocenters. The van der Waals surface area contributed by atoms with E-state index < -0.39 is 12.1 Å². The Morgan fingerprint density at radius 1 is 1.52 bits per heavy atom. The van der Waals surface area contributed by atoms with Crippen molar-refractivity contribution in [1.29, 1.82) is 0 Å².